The molecule has 200 valence electrons. The first kappa shape index (κ1) is 30.4. The molecule has 0 spiro atoms. The highest BCUT2D eigenvalue weighted by molar-refractivity contribution is 5.89. The SMILES string of the molecule is CCN1CCN(CC(=O)O)CCN(CC(=O)O)CCN(CC(=O)NC(CN)C(=O)NCC=O)CC1. The van der Waals surface area contributed by atoms with Crippen LogP contribution in [0.2, 0.25) is 0 Å². The molecule has 14 heteroatoms. The van der Waals surface area contributed by atoms with Crippen LogP contribution in [0.25, 0.3) is 0 Å². The van der Waals surface area contributed by atoms with E-state index in [1.165, 1.54) is 0 Å². The summed E-state index contributed by atoms with van der Waals surface area (Å²) in [5.74, 6) is -2.88. The lowest BCUT2D eigenvalue weighted by molar-refractivity contribution is -0.140. The average Bonchev–Trinajstić information content (AvgIpc) is 2.80. The summed E-state index contributed by atoms with van der Waals surface area (Å²) < 4.78 is 0. The second-order valence-electron chi connectivity index (χ2n) is 8.32. The molecule has 0 saturated carbocycles. The van der Waals surface area contributed by atoms with Crippen molar-refractivity contribution in [1.29, 1.82) is 0 Å². The van der Waals surface area contributed by atoms with E-state index in [0.29, 0.717) is 58.6 Å². The summed E-state index contributed by atoms with van der Waals surface area (Å²) in [4.78, 5) is 65.3. The van der Waals surface area contributed by atoms with Crippen LogP contribution in [0.15, 0.2) is 0 Å². The average molecular weight is 502 g/mol. The third-order valence-electron chi connectivity index (χ3n) is 5.71. The van der Waals surface area contributed by atoms with Gasteiger partial charge in [0.2, 0.25) is 11.8 Å². The minimum absolute atomic E-state index is 0.0128. The summed E-state index contributed by atoms with van der Waals surface area (Å²) in [5, 5.41) is 23.4. The Morgan fingerprint density at radius 3 is 1.63 bits per heavy atom. The molecule has 1 saturated heterocycles. The largest absolute Gasteiger partial charge is 0.480 e. The number of carbonyl (C=O) groups is 5. The quantitative estimate of drug-likeness (QED) is 0.164. The number of nitrogens with one attached hydrogen (secondary N) is 2. The zero-order valence-corrected chi connectivity index (χ0v) is 20.4. The van der Waals surface area contributed by atoms with Crippen LogP contribution in [-0.4, -0.2) is 158 Å². The van der Waals surface area contributed by atoms with E-state index < -0.39 is 29.8 Å². The smallest absolute Gasteiger partial charge is 0.317 e. The van der Waals surface area contributed by atoms with Crippen LogP contribution in [0, 0.1) is 0 Å². The number of nitrogens with zero attached hydrogens (tertiary/aromatic N) is 4. The maximum Gasteiger partial charge on any atom is 0.317 e. The first-order valence-corrected chi connectivity index (χ1v) is 11.7. The van der Waals surface area contributed by atoms with Gasteiger partial charge in [0.05, 0.1) is 26.2 Å². The zero-order chi connectivity index (χ0) is 26.2. The van der Waals surface area contributed by atoms with E-state index in [2.05, 4.69) is 15.5 Å². The highest BCUT2D eigenvalue weighted by Crippen LogP contribution is 2.01. The highest BCUT2D eigenvalue weighted by atomic mass is 16.4. The van der Waals surface area contributed by atoms with Gasteiger partial charge in [0.15, 0.2) is 0 Å². The molecule has 1 heterocycles. The molecule has 1 fully saturated rings. The van der Waals surface area contributed by atoms with Gasteiger partial charge in [0.1, 0.15) is 12.3 Å². The number of carboxylic acids is 2. The van der Waals surface area contributed by atoms with Gasteiger partial charge in [-0.3, -0.25) is 33.9 Å². The van der Waals surface area contributed by atoms with Crippen molar-refractivity contribution in [3.63, 3.8) is 0 Å². The monoisotopic (exact) mass is 501 g/mol. The third-order valence-corrected chi connectivity index (χ3v) is 5.71. The minimum Gasteiger partial charge on any atom is -0.480 e. The van der Waals surface area contributed by atoms with E-state index in [9.17, 15) is 34.2 Å². The lowest BCUT2D eigenvalue weighted by Gasteiger charge is -2.33. The normalized spacial score (nSPS) is 18.6. The van der Waals surface area contributed by atoms with E-state index in [0.717, 1.165) is 6.54 Å². The van der Waals surface area contributed by atoms with Crippen LogP contribution in [0.3, 0.4) is 0 Å². The molecule has 0 radical (unpaired) electrons. The predicted molar refractivity (Wildman–Crippen MR) is 127 cm³/mol. The van der Waals surface area contributed by atoms with Crippen LogP contribution in [-0.2, 0) is 24.0 Å². The maximum absolute atomic E-state index is 12.6. The number of rotatable bonds is 12. The molecule has 6 N–H and O–H groups in total. The number of hydrogen-bond donors (Lipinski definition) is 5. The number of likely N-dealkylation sites (N-methyl/N-ethyl adjacent to an activating group) is 1. The fraction of sp³-hybridized carbons (Fsp3) is 0.762. The summed E-state index contributed by atoms with van der Waals surface area (Å²) in [5.41, 5.74) is 5.60. The Labute approximate surface area is 205 Å². The van der Waals surface area contributed by atoms with Gasteiger partial charge in [-0.15, -0.1) is 0 Å². The van der Waals surface area contributed by atoms with Crippen LogP contribution >= 0.6 is 0 Å². The van der Waals surface area contributed by atoms with Gasteiger partial charge < -0.3 is 36.3 Å². The Morgan fingerprint density at radius 2 is 1.26 bits per heavy atom. The van der Waals surface area contributed by atoms with Crippen LogP contribution in [0.5, 0.6) is 0 Å². The topological polar surface area (TPSA) is 189 Å². The Bertz CT molecular complexity index is 710. The van der Waals surface area contributed by atoms with Crippen molar-refractivity contribution < 1.29 is 34.2 Å². The fourth-order valence-electron chi connectivity index (χ4n) is 3.69. The van der Waals surface area contributed by atoms with Crippen LogP contribution in [0.1, 0.15) is 6.92 Å². The first-order chi connectivity index (χ1) is 16.7. The van der Waals surface area contributed by atoms with E-state index in [4.69, 9.17) is 5.73 Å². The molecule has 1 aliphatic heterocycles. The molecule has 0 aromatic carbocycles. The molecule has 35 heavy (non-hydrogen) atoms. The summed E-state index contributed by atoms with van der Waals surface area (Å²) in [7, 11) is 0. The lowest BCUT2D eigenvalue weighted by atomic mass is 10.2. The summed E-state index contributed by atoms with van der Waals surface area (Å²) in [6, 6.07) is -0.967. The molecule has 1 rings (SSSR count). The molecular formula is C21H39N7O7. The molecule has 0 bridgehead atoms. The van der Waals surface area contributed by atoms with Gasteiger partial charge in [-0.05, 0) is 6.54 Å². The van der Waals surface area contributed by atoms with E-state index in [1.54, 1.807) is 9.80 Å². The van der Waals surface area contributed by atoms with Gasteiger partial charge in [0.25, 0.3) is 0 Å². The van der Waals surface area contributed by atoms with Crippen molar-refractivity contribution in [3.05, 3.63) is 0 Å². The standard InChI is InChI=1S/C21H39N7O7/c1-2-25-4-6-26(14-18(30)24-17(13-22)21(35)23-3-12-29)8-9-28(16-20(33)34)11-10-27(7-5-25)15-19(31)32/h12,17H,2-11,13-16,22H2,1H3,(H,23,35)(H,24,30)(H,31,32)(H,33,34). The van der Waals surface area contributed by atoms with Crippen molar-refractivity contribution in [1.82, 2.24) is 30.2 Å². The molecule has 0 aromatic rings. The lowest BCUT2D eigenvalue weighted by Crippen LogP contribution is -2.54. The Morgan fingerprint density at radius 1 is 0.829 bits per heavy atom. The van der Waals surface area contributed by atoms with Crippen molar-refractivity contribution in [2.45, 2.75) is 13.0 Å². The third kappa shape index (κ3) is 13.1. The van der Waals surface area contributed by atoms with Gasteiger partial charge in [-0.2, -0.15) is 0 Å². The second-order valence-corrected chi connectivity index (χ2v) is 8.32. The molecule has 14 nitrogen and oxygen atoms in total. The minimum atomic E-state index is -0.990. The van der Waals surface area contributed by atoms with Gasteiger partial charge >= 0.3 is 11.9 Å². The Hall–Kier alpha value is -2.65. The number of carboxylic acid groups (broad SMARTS) is 2. The zero-order valence-electron chi connectivity index (χ0n) is 20.4. The molecule has 2 amide bonds. The highest BCUT2D eigenvalue weighted by Gasteiger charge is 2.22. The second kappa shape index (κ2) is 16.9. The molecule has 1 aliphatic rings. The van der Waals surface area contributed by atoms with E-state index in [1.807, 2.05) is 11.8 Å². The summed E-state index contributed by atoms with van der Waals surface area (Å²) in [6.07, 6.45) is 0.535. The number of nitrogens with two attached hydrogens (primary N) is 1. The molecule has 1 atom stereocenters. The predicted octanol–water partition coefficient (Wildman–Crippen LogP) is -3.84. The van der Waals surface area contributed by atoms with E-state index in [-0.39, 0.29) is 32.7 Å². The number of carbonyl (C=O) groups excluding carboxylic acids is 3. The Balaban J connectivity index is 2.87. The van der Waals surface area contributed by atoms with Gasteiger partial charge in [-0.1, -0.05) is 6.92 Å². The van der Waals surface area contributed by atoms with Crippen molar-refractivity contribution in [2.75, 3.05) is 91.6 Å². The van der Waals surface area contributed by atoms with Crippen molar-refractivity contribution >= 4 is 30.0 Å². The Kier molecular flexibility index (Phi) is 14.7. The molecule has 0 aromatic heterocycles. The number of aliphatic carboxylic acids is 2. The summed E-state index contributed by atoms with van der Waals surface area (Å²) >= 11 is 0. The number of amides is 2. The van der Waals surface area contributed by atoms with Crippen molar-refractivity contribution in [2.24, 2.45) is 5.73 Å². The molecule has 1 unspecified atom stereocenters. The molecule has 0 aliphatic carbocycles. The van der Waals surface area contributed by atoms with Gasteiger partial charge in [-0.25, -0.2) is 0 Å². The van der Waals surface area contributed by atoms with Gasteiger partial charge in [0, 0.05) is 58.9 Å². The van der Waals surface area contributed by atoms with Crippen molar-refractivity contribution in [3.8, 4) is 0 Å². The number of aldehydes is 1. The van der Waals surface area contributed by atoms with Crippen LogP contribution < -0.4 is 16.4 Å². The van der Waals surface area contributed by atoms with E-state index >= 15 is 0 Å². The summed E-state index contributed by atoms with van der Waals surface area (Å²) in [6.45, 7) is 5.98. The first-order valence-electron chi connectivity index (χ1n) is 11.7. The maximum atomic E-state index is 12.6. The van der Waals surface area contributed by atoms with Crippen LogP contribution in [0.4, 0.5) is 0 Å². The molecular weight excluding hydrogens is 462 g/mol. The number of hydrogen-bond acceptors (Lipinski definition) is 10. The fourth-order valence-corrected chi connectivity index (χ4v) is 3.69.